The lowest BCUT2D eigenvalue weighted by molar-refractivity contribution is -0.140. The molecular formula is C18H19F3N4O3S. The molecule has 3 rings (SSSR count). The quantitative estimate of drug-likeness (QED) is 0.664. The van der Waals surface area contributed by atoms with Gasteiger partial charge in [-0.25, -0.2) is 4.98 Å². The van der Waals surface area contributed by atoms with Crippen LogP contribution in [0.25, 0.3) is 0 Å². The monoisotopic (exact) mass is 428 g/mol. The van der Waals surface area contributed by atoms with Crippen LogP contribution in [0.4, 0.5) is 13.2 Å². The van der Waals surface area contributed by atoms with E-state index in [9.17, 15) is 27.6 Å². The average Bonchev–Trinajstić information content (AvgIpc) is 3.08. The maximum Gasteiger partial charge on any atom is 0.443 e. The maximum absolute atomic E-state index is 13.2. The van der Waals surface area contributed by atoms with E-state index in [-0.39, 0.29) is 17.2 Å². The van der Waals surface area contributed by atoms with Crippen LogP contribution >= 0.6 is 11.3 Å². The van der Waals surface area contributed by atoms with Gasteiger partial charge in [-0.2, -0.15) is 13.2 Å². The molecule has 0 aromatic carbocycles. The summed E-state index contributed by atoms with van der Waals surface area (Å²) in [5, 5.41) is 1.54. The number of nitrogens with one attached hydrogen (secondary N) is 1. The van der Waals surface area contributed by atoms with E-state index in [1.165, 1.54) is 4.90 Å². The number of primary amides is 1. The van der Waals surface area contributed by atoms with Gasteiger partial charge in [0.1, 0.15) is 6.04 Å². The van der Waals surface area contributed by atoms with Crippen LogP contribution in [0.2, 0.25) is 0 Å². The fourth-order valence-electron chi connectivity index (χ4n) is 3.50. The lowest BCUT2D eigenvalue weighted by Crippen LogP contribution is -2.51. The summed E-state index contributed by atoms with van der Waals surface area (Å²) in [6, 6.07) is -1.68. The molecular weight excluding hydrogens is 409 g/mol. The minimum atomic E-state index is -4.57. The van der Waals surface area contributed by atoms with Gasteiger partial charge in [-0.3, -0.25) is 14.4 Å². The van der Waals surface area contributed by atoms with E-state index in [1.807, 2.05) is 0 Å². The number of thiazole rings is 1. The van der Waals surface area contributed by atoms with Crippen molar-refractivity contribution in [3.05, 3.63) is 16.1 Å². The Morgan fingerprint density at radius 1 is 1.45 bits per heavy atom. The zero-order valence-electron chi connectivity index (χ0n) is 15.3. The van der Waals surface area contributed by atoms with Crippen LogP contribution in [-0.4, -0.2) is 46.2 Å². The van der Waals surface area contributed by atoms with Crippen molar-refractivity contribution in [3.63, 3.8) is 0 Å². The standard InChI is InChI=1S/C18H19F3N4O3S/c1-2-10(8-13(22)26)24-14(27)11-4-3-7-25(11)16(28)17(5-6-17)12-9-23-15(29-12)18(19,20)21/h1,9-11H,3-8H2,(H2,22,26)(H,24,27)/t10-,11+/m1/s1. The van der Waals surface area contributed by atoms with Gasteiger partial charge in [0.05, 0.1) is 17.9 Å². The Morgan fingerprint density at radius 2 is 2.14 bits per heavy atom. The number of aromatic nitrogens is 1. The van der Waals surface area contributed by atoms with Gasteiger partial charge < -0.3 is 16.0 Å². The molecule has 1 aliphatic heterocycles. The lowest BCUT2D eigenvalue weighted by atomic mass is 10.0. The third-order valence-corrected chi connectivity index (χ3v) is 6.36. The van der Waals surface area contributed by atoms with E-state index >= 15 is 0 Å². The van der Waals surface area contributed by atoms with Crippen molar-refractivity contribution in [3.8, 4) is 12.3 Å². The first kappa shape index (κ1) is 21.1. The number of hydrogen-bond acceptors (Lipinski definition) is 5. The topological polar surface area (TPSA) is 105 Å². The number of nitrogens with zero attached hydrogens (tertiary/aromatic N) is 2. The largest absolute Gasteiger partial charge is 0.443 e. The SMILES string of the molecule is C#C[C@H](CC(N)=O)NC(=O)[C@@H]1CCCN1C(=O)C1(c2cnc(C(F)(F)F)s2)CC1. The summed E-state index contributed by atoms with van der Waals surface area (Å²) in [6.07, 6.45) is 3.40. The lowest BCUT2D eigenvalue weighted by Gasteiger charge is -2.28. The van der Waals surface area contributed by atoms with Gasteiger partial charge in [0.25, 0.3) is 0 Å². The van der Waals surface area contributed by atoms with Gasteiger partial charge in [0, 0.05) is 17.6 Å². The second kappa shape index (κ2) is 7.67. The highest BCUT2D eigenvalue weighted by molar-refractivity contribution is 7.12. The second-order valence-electron chi connectivity index (χ2n) is 7.16. The fourth-order valence-corrected chi connectivity index (χ4v) is 4.52. The Kier molecular flexibility index (Phi) is 5.58. The molecule has 0 radical (unpaired) electrons. The molecule has 7 nitrogen and oxygen atoms in total. The van der Waals surface area contributed by atoms with E-state index in [2.05, 4.69) is 16.2 Å². The van der Waals surface area contributed by atoms with Gasteiger partial charge in [-0.15, -0.1) is 17.8 Å². The number of alkyl halides is 3. The smallest absolute Gasteiger partial charge is 0.370 e. The van der Waals surface area contributed by atoms with Gasteiger partial charge >= 0.3 is 6.18 Å². The van der Waals surface area contributed by atoms with Crippen molar-refractivity contribution >= 4 is 29.1 Å². The minimum absolute atomic E-state index is 0.228. The van der Waals surface area contributed by atoms with Gasteiger partial charge in [-0.05, 0) is 25.7 Å². The number of carbonyl (C=O) groups is 3. The molecule has 1 aliphatic carbocycles. The number of likely N-dealkylation sites (tertiary alicyclic amines) is 1. The summed E-state index contributed by atoms with van der Waals surface area (Å²) >= 11 is 0.465. The Balaban J connectivity index is 1.74. The predicted octanol–water partition coefficient (Wildman–Crippen LogP) is 1.18. The highest BCUT2D eigenvalue weighted by atomic mass is 32.1. The Morgan fingerprint density at radius 3 is 2.66 bits per heavy atom. The van der Waals surface area contributed by atoms with Crippen molar-refractivity contribution < 1.29 is 27.6 Å². The minimum Gasteiger partial charge on any atom is -0.370 e. The van der Waals surface area contributed by atoms with E-state index in [0.29, 0.717) is 43.6 Å². The zero-order valence-corrected chi connectivity index (χ0v) is 16.1. The third kappa shape index (κ3) is 4.22. The summed E-state index contributed by atoms with van der Waals surface area (Å²) in [6.45, 7) is 0.320. The maximum atomic E-state index is 13.2. The molecule has 11 heteroatoms. The van der Waals surface area contributed by atoms with Crippen molar-refractivity contribution in [2.45, 2.75) is 55.8 Å². The van der Waals surface area contributed by atoms with Crippen LogP contribution in [-0.2, 0) is 26.0 Å². The molecule has 156 valence electrons. The molecule has 0 spiro atoms. The molecule has 0 unspecified atom stereocenters. The van der Waals surface area contributed by atoms with Gasteiger partial charge in [0.15, 0.2) is 5.01 Å². The Hall–Kier alpha value is -2.61. The molecule has 2 fully saturated rings. The van der Waals surface area contributed by atoms with Crippen LogP contribution in [0.15, 0.2) is 6.20 Å². The summed E-state index contributed by atoms with van der Waals surface area (Å²) < 4.78 is 38.6. The molecule has 1 saturated carbocycles. The first-order chi connectivity index (χ1) is 13.6. The number of nitrogens with two attached hydrogens (primary N) is 1. The van der Waals surface area contributed by atoms with Crippen LogP contribution < -0.4 is 11.1 Å². The molecule has 1 aromatic rings. The normalized spacial score (nSPS) is 21.3. The average molecular weight is 428 g/mol. The summed E-state index contributed by atoms with van der Waals surface area (Å²) in [5.41, 5.74) is 4.05. The molecule has 0 bridgehead atoms. The number of hydrogen-bond donors (Lipinski definition) is 2. The van der Waals surface area contributed by atoms with E-state index in [0.717, 1.165) is 6.20 Å². The highest BCUT2D eigenvalue weighted by Crippen LogP contribution is 2.53. The number of amides is 3. The fraction of sp³-hybridized carbons (Fsp3) is 0.556. The highest BCUT2D eigenvalue weighted by Gasteiger charge is 2.57. The molecule has 3 N–H and O–H groups in total. The van der Waals surface area contributed by atoms with Crippen LogP contribution in [0.3, 0.4) is 0 Å². The first-order valence-electron chi connectivity index (χ1n) is 8.98. The van der Waals surface area contributed by atoms with Crippen LogP contribution in [0.5, 0.6) is 0 Å². The van der Waals surface area contributed by atoms with Crippen molar-refractivity contribution in [1.82, 2.24) is 15.2 Å². The number of rotatable bonds is 6. The van der Waals surface area contributed by atoms with Gasteiger partial charge in [-0.1, -0.05) is 5.92 Å². The van der Waals surface area contributed by atoms with E-state index < -0.39 is 40.5 Å². The van der Waals surface area contributed by atoms with Crippen LogP contribution in [0, 0.1) is 12.3 Å². The number of halogens is 3. The second-order valence-corrected chi connectivity index (χ2v) is 8.20. The van der Waals surface area contributed by atoms with Crippen molar-refractivity contribution in [2.75, 3.05) is 6.54 Å². The third-order valence-electron chi connectivity index (χ3n) is 5.12. The molecule has 2 aliphatic rings. The number of terminal acetylenes is 1. The zero-order chi connectivity index (χ0) is 21.4. The van der Waals surface area contributed by atoms with Crippen LogP contribution in [0.1, 0.15) is 42.0 Å². The molecule has 2 atom stereocenters. The molecule has 29 heavy (non-hydrogen) atoms. The van der Waals surface area contributed by atoms with Crippen molar-refractivity contribution in [1.29, 1.82) is 0 Å². The van der Waals surface area contributed by atoms with Crippen molar-refractivity contribution in [2.24, 2.45) is 5.73 Å². The Labute approximate surface area is 168 Å². The summed E-state index contributed by atoms with van der Waals surface area (Å²) in [7, 11) is 0. The van der Waals surface area contributed by atoms with E-state index in [4.69, 9.17) is 12.2 Å². The van der Waals surface area contributed by atoms with Gasteiger partial charge in [0.2, 0.25) is 17.7 Å². The molecule has 1 saturated heterocycles. The Bertz CT molecular complexity index is 872. The first-order valence-corrected chi connectivity index (χ1v) is 9.79. The molecule has 2 heterocycles. The summed E-state index contributed by atoms with van der Waals surface area (Å²) in [5.74, 6) is 0.718. The predicted molar refractivity (Wildman–Crippen MR) is 97.3 cm³/mol. The molecule has 3 amide bonds. The van der Waals surface area contributed by atoms with E-state index in [1.54, 1.807) is 0 Å². The summed E-state index contributed by atoms with van der Waals surface area (Å²) in [4.78, 5) is 41.9. The number of carbonyl (C=O) groups excluding carboxylic acids is 3. The molecule has 1 aromatic heterocycles.